The standard InChI is InChI=1S/C13H18N2O4/c16-12-10-4-2-1-3-5-11(10)15(19-12)13(17)14-6-8-18-9-7-14/h1-9H2. The number of fused-ring (bicyclic) bond motifs is 1. The number of morpholine rings is 1. The van der Waals surface area contributed by atoms with E-state index in [1.165, 1.54) is 4.74 Å². The van der Waals surface area contributed by atoms with Crippen LogP contribution in [0.5, 0.6) is 0 Å². The molecule has 6 heteroatoms. The van der Waals surface area contributed by atoms with Crippen molar-refractivity contribution in [3.63, 3.8) is 0 Å². The zero-order valence-electron chi connectivity index (χ0n) is 10.9. The fourth-order valence-corrected chi connectivity index (χ4v) is 2.74. The van der Waals surface area contributed by atoms with Gasteiger partial charge in [-0.3, -0.25) is 0 Å². The molecule has 2 heterocycles. The topological polar surface area (TPSA) is 64.7 Å². The summed E-state index contributed by atoms with van der Waals surface area (Å²) in [5.74, 6) is 0. The molecule has 0 aromatic carbocycles. The Labute approximate surface area is 110 Å². The molecule has 1 aliphatic carbocycles. The Balaban J connectivity index is 1.91. The van der Waals surface area contributed by atoms with E-state index in [0.29, 0.717) is 31.9 Å². The molecule has 0 spiro atoms. The molecule has 0 N–H and O–H groups in total. The van der Waals surface area contributed by atoms with E-state index in [1.807, 2.05) is 0 Å². The molecule has 2 aliphatic rings. The van der Waals surface area contributed by atoms with Crippen LogP contribution in [0.2, 0.25) is 0 Å². The van der Waals surface area contributed by atoms with Gasteiger partial charge in [0.15, 0.2) is 0 Å². The maximum atomic E-state index is 12.4. The van der Waals surface area contributed by atoms with Crippen molar-refractivity contribution in [2.45, 2.75) is 32.1 Å². The molecule has 1 amide bonds. The third-order valence-electron chi connectivity index (χ3n) is 3.81. The van der Waals surface area contributed by atoms with Gasteiger partial charge >= 0.3 is 11.7 Å². The molecule has 0 unspecified atom stereocenters. The Morgan fingerprint density at radius 3 is 2.58 bits per heavy atom. The monoisotopic (exact) mass is 266 g/mol. The molecule has 0 radical (unpaired) electrons. The van der Waals surface area contributed by atoms with Crippen LogP contribution < -0.4 is 5.63 Å². The summed E-state index contributed by atoms with van der Waals surface area (Å²) in [6, 6.07) is -0.233. The zero-order valence-corrected chi connectivity index (χ0v) is 10.9. The maximum absolute atomic E-state index is 12.4. The second kappa shape index (κ2) is 5.21. The number of carbonyl (C=O) groups is 1. The van der Waals surface area contributed by atoms with E-state index in [4.69, 9.17) is 9.26 Å². The molecule has 1 fully saturated rings. The fraction of sp³-hybridized carbons (Fsp3) is 0.692. The summed E-state index contributed by atoms with van der Waals surface area (Å²) in [5, 5.41) is 0. The molecule has 104 valence electrons. The van der Waals surface area contributed by atoms with Crippen LogP contribution >= 0.6 is 0 Å². The van der Waals surface area contributed by atoms with Gasteiger partial charge in [-0.2, -0.15) is 0 Å². The summed E-state index contributed by atoms with van der Waals surface area (Å²) in [5.41, 5.74) is 1.12. The van der Waals surface area contributed by atoms with E-state index in [-0.39, 0.29) is 11.7 Å². The first-order valence-electron chi connectivity index (χ1n) is 6.88. The number of hydrogen-bond acceptors (Lipinski definition) is 4. The molecule has 6 nitrogen and oxygen atoms in total. The van der Waals surface area contributed by atoms with E-state index in [2.05, 4.69) is 0 Å². The minimum Gasteiger partial charge on any atom is -0.378 e. The van der Waals surface area contributed by atoms with Gasteiger partial charge < -0.3 is 14.2 Å². The third-order valence-corrected chi connectivity index (χ3v) is 3.81. The van der Waals surface area contributed by atoms with Crippen molar-refractivity contribution in [3.8, 4) is 0 Å². The van der Waals surface area contributed by atoms with Crippen LogP contribution in [-0.4, -0.2) is 42.0 Å². The van der Waals surface area contributed by atoms with Crippen molar-refractivity contribution in [3.05, 3.63) is 21.7 Å². The van der Waals surface area contributed by atoms with Gasteiger partial charge in [0.25, 0.3) is 0 Å². The van der Waals surface area contributed by atoms with Gasteiger partial charge in [0.1, 0.15) is 0 Å². The Kier molecular flexibility index (Phi) is 3.42. The molecular formula is C13H18N2O4. The van der Waals surface area contributed by atoms with E-state index in [1.54, 1.807) is 4.90 Å². The summed E-state index contributed by atoms with van der Waals surface area (Å²) in [7, 11) is 0. The van der Waals surface area contributed by atoms with Gasteiger partial charge in [-0.25, -0.2) is 9.59 Å². The highest BCUT2D eigenvalue weighted by Gasteiger charge is 2.27. The molecule has 1 aromatic heterocycles. The highest BCUT2D eigenvalue weighted by atomic mass is 16.5. The molecule has 0 saturated carbocycles. The quantitative estimate of drug-likeness (QED) is 0.657. The zero-order chi connectivity index (χ0) is 13.2. The number of ether oxygens (including phenoxy) is 1. The van der Waals surface area contributed by atoms with Gasteiger partial charge in [-0.1, -0.05) is 6.42 Å². The highest BCUT2D eigenvalue weighted by molar-refractivity contribution is 5.76. The van der Waals surface area contributed by atoms with Gasteiger partial charge in [0, 0.05) is 13.1 Å². The van der Waals surface area contributed by atoms with Crippen LogP contribution in [0, 0.1) is 0 Å². The number of amides is 1. The lowest BCUT2D eigenvalue weighted by molar-refractivity contribution is 0.0478. The predicted octanol–water partition coefficient (Wildman–Crippen LogP) is 1.01. The Bertz CT molecular complexity index is 525. The first-order chi connectivity index (χ1) is 9.27. The Morgan fingerprint density at radius 2 is 1.79 bits per heavy atom. The van der Waals surface area contributed by atoms with Gasteiger partial charge in [0.05, 0.1) is 24.5 Å². The summed E-state index contributed by atoms with van der Waals surface area (Å²) in [6.45, 7) is 2.18. The van der Waals surface area contributed by atoms with Crippen molar-refractivity contribution in [1.82, 2.24) is 9.64 Å². The lowest BCUT2D eigenvalue weighted by Gasteiger charge is -2.26. The second-order valence-electron chi connectivity index (χ2n) is 5.04. The van der Waals surface area contributed by atoms with Crippen LogP contribution in [0.1, 0.15) is 30.5 Å². The van der Waals surface area contributed by atoms with Crippen LogP contribution in [-0.2, 0) is 17.6 Å². The van der Waals surface area contributed by atoms with Crippen molar-refractivity contribution >= 4 is 6.03 Å². The van der Waals surface area contributed by atoms with Crippen molar-refractivity contribution in [2.24, 2.45) is 0 Å². The SMILES string of the molecule is O=C(N1CCOCC1)n1oc(=O)c2c1CCCCC2. The average Bonchev–Trinajstić information content (AvgIpc) is 2.65. The van der Waals surface area contributed by atoms with Crippen LogP contribution in [0.25, 0.3) is 0 Å². The molecule has 0 bridgehead atoms. The van der Waals surface area contributed by atoms with E-state index >= 15 is 0 Å². The van der Waals surface area contributed by atoms with Gasteiger partial charge in [-0.05, 0) is 25.7 Å². The lowest BCUT2D eigenvalue weighted by atomic mass is 10.1. The minimum atomic E-state index is -0.349. The molecule has 19 heavy (non-hydrogen) atoms. The summed E-state index contributed by atoms with van der Waals surface area (Å²) < 4.78 is 11.6. The molecule has 1 aliphatic heterocycles. The maximum Gasteiger partial charge on any atom is 0.361 e. The van der Waals surface area contributed by atoms with Gasteiger partial charge in [-0.15, -0.1) is 4.74 Å². The molecular weight excluding hydrogens is 248 g/mol. The number of carbonyl (C=O) groups excluding carboxylic acids is 1. The van der Waals surface area contributed by atoms with Crippen molar-refractivity contribution in [1.29, 1.82) is 0 Å². The first kappa shape index (κ1) is 12.5. The van der Waals surface area contributed by atoms with Crippen molar-refractivity contribution in [2.75, 3.05) is 26.3 Å². The Hall–Kier alpha value is -1.56. The number of hydrogen-bond donors (Lipinski definition) is 0. The Morgan fingerprint density at radius 1 is 1.05 bits per heavy atom. The molecule has 1 aromatic rings. The number of aromatic nitrogens is 1. The van der Waals surface area contributed by atoms with Crippen molar-refractivity contribution < 1.29 is 14.1 Å². The summed E-state index contributed by atoms with van der Waals surface area (Å²) in [6.07, 6.45) is 4.56. The third kappa shape index (κ3) is 2.32. The molecule has 1 saturated heterocycles. The van der Waals surface area contributed by atoms with Crippen LogP contribution in [0.4, 0.5) is 4.79 Å². The van der Waals surface area contributed by atoms with E-state index < -0.39 is 0 Å². The molecule has 3 rings (SSSR count). The second-order valence-corrected chi connectivity index (χ2v) is 5.04. The average molecular weight is 266 g/mol. The fourth-order valence-electron chi connectivity index (χ4n) is 2.74. The number of nitrogens with zero attached hydrogens (tertiary/aromatic N) is 2. The minimum absolute atomic E-state index is 0.233. The number of rotatable bonds is 0. The lowest BCUT2D eigenvalue weighted by Crippen LogP contribution is -2.43. The van der Waals surface area contributed by atoms with Crippen LogP contribution in [0.3, 0.4) is 0 Å². The smallest absolute Gasteiger partial charge is 0.361 e. The van der Waals surface area contributed by atoms with Gasteiger partial charge in [0.2, 0.25) is 0 Å². The van der Waals surface area contributed by atoms with E-state index in [9.17, 15) is 9.59 Å². The largest absolute Gasteiger partial charge is 0.378 e. The highest BCUT2D eigenvalue weighted by Crippen LogP contribution is 2.19. The van der Waals surface area contributed by atoms with Crippen LogP contribution in [0.15, 0.2) is 9.32 Å². The van der Waals surface area contributed by atoms with E-state index in [0.717, 1.165) is 37.8 Å². The first-order valence-corrected chi connectivity index (χ1v) is 6.88. The molecule has 0 atom stereocenters. The normalized spacial score (nSPS) is 19.9. The summed E-state index contributed by atoms with van der Waals surface area (Å²) in [4.78, 5) is 25.9. The predicted molar refractivity (Wildman–Crippen MR) is 67.4 cm³/mol. The summed E-state index contributed by atoms with van der Waals surface area (Å²) >= 11 is 0.